The lowest BCUT2D eigenvalue weighted by Crippen LogP contribution is -2.16. The quantitative estimate of drug-likeness (QED) is 0.569. The summed E-state index contributed by atoms with van der Waals surface area (Å²) in [5.41, 5.74) is 2.41. The fourth-order valence-electron chi connectivity index (χ4n) is 1.45. The number of hydrogen-bond acceptors (Lipinski definition) is 0. The first-order valence-corrected chi connectivity index (χ1v) is 8.78. The van der Waals surface area contributed by atoms with Crippen molar-refractivity contribution in [3.63, 3.8) is 0 Å². The summed E-state index contributed by atoms with van der Waals surface area (Å²) >= 11 is 11.8. The smallest absolute Gasteiger partial charge is 0.144 e. The zero-order valence-electron chi connectivity index (χ0n) is 8.03. The summed E-state index contributed by atoms with van der Waals surface area (Å²) in [7, 11) is -1.70. The molecule has 0 amide bonds. The molecule has 0 radical (unpaired) electrons. The highest BCUT2D eigenvalue weighted by molar-refractivity contribution is 7.39. The van der Waals surface area contributed by atoms with E-state index in [1.54, 1.807) is 0 Å². The van der Waals surface area contributed by atoms with Crippen LogP contribution >= 0.6 is 22.2 Å². The lowest BCUT2D eigenvalue weighted by Gasteiger charge is -2.03. The molecule has 0 saturated carbocycles. The van der Waals surface area contributed by atoms with Crippen molar-refractivity contribution >= 4 is 34.8 Å². The Morgan fingerprint density at radius 2 is 1.20 bits per heavy atom. The number of rotatable bonds is 2. The van der Waals surface area contributed by atoms with E-state index in [2.05, 4.69) is 24.3 Å². The average Bonchev–Trinajstić information content (AvgIpc) is 2.30. The van der Waals surface area contributed by atoms with Gasteiger partial charge in [-0.3, -0.25) is 0 Å². The molecule has 0 fully saturated rings. The van der Waals surface area contributed by atoms with Crippen LogP contribution in [0.5, 0.6) is 0 Å². The molecule has 2 rings (SSSR count). The number of halogens is 2. The van der Waals surface area contributed by atoms with Crippen molar-refractivity contribution in [2.75, 3.05) is 0 Å². The van der Waals surface area contributed by atoms with Gasteiger partial charge in [0.1, 0.15) is 0 Å². The van der Waals surface area contributed by atoms with Gasteiger partial charge in [-0.15, -0.1) is 22.2 Å². The van der Waals surface area contributed by atoms with Crippen LogP contribution in [-0.2, 0) is 0 Å². The van der Waals surface area contributed by atoms with Gasteiger partial charge in [0.25, 0.3) is 7.42 Å². The van der Waals surface area contributed by atoms with Gasteiger partial charge < -0.3 is 0 Å². The topological polar surface area (TPSA) is 0 Å². The van der Waals surface area contributed by atoms with E-state index >= 15 is 0 Å². The molecule has 0 saturated heterocycles. The molecule has 0 N–H and O–H groups in total. The molecule has 0 aliphatic rings. The van der Waals surface area contributed by atoms with Gasteiger partial charge in [-0.25, -0.2) is 0 Å². The molecule has 3 heteroatoms. The van der Waals surface area contributed by atoms with Crippen LogP contribution in [0.1, 0.15) is 0 Å². The average molecular weight is 253 g/mol. The lowest BCUT2D eigenvalue weighted by molar-refractivity contribution is 1.64. The highest BCUT2D eigenvalue weighted by Gasteiger charge is 2.05. The lowest BCUT2D eigenvalue weighted by atomic mass is 10.1. The summed E-state index contributed by atoms with van der Waals surface area (Å²) in [5, 5.41) is 1.07. The second kappa shape index (κ2) is 4.84. The molecule has 0 bridgehead atoms. The predicted molar refractivity (Wildman–Crippen MR) is 70.4 cm³/mol. The van der Waals surface area contributed by atoms with Crippen LogP contribution in [0.4, 0.5) is 0 Å². The summed E-state index contributed by atoms with van der Waals surface area (Å²) in [6, 6.07) is 18.4. The first-order valence-electron chi connectivity index (χ1n) is 4.71. The Kier molecular flexibility index (Phi) is 3.47. The van der Waals surface area contributed by atoms with Crippen LogP contribution in [0.15, 0.2) is 54.6 Å². The molecule has 0 aliphatic heterocycles. The molecule has 0 spiro atoms. The first-order chi connectivity index (χ1) is 7.27. The van der Waals surface area contributed by atoms with E-state index in [-0.39, 0.29) is 0 Å². The monoisotopic (exact) mass is 252 g/mol. The molecule has 0 atom stereocenters. The molecule has 0 unspecified atom stereocenters. The molecule has 0 aromatic heterocycles. The van der Waals surface area contributed by atoms with Crippen LogP contribution in [0.25, 0.3) is 11.1 Å². The molecule has 0 aliphatic carbocycles. The molecule has 0 heterocycles. The Morgan fingerprint density at radius 1 is 0.667 bits per heavy atom. The summed E-state index contributed by atoms with van der Waals surface area (Å²) in [6.45, 7) is 0. The van der Waals surface area contributed by atoms with E-state index in [4.69, 9.17) is 22.2 Å². The highest BCUT2D eigenvalue weighted by Crippen LogP contribution is 2.17. The van der Waals surface area contributed by atoms with Crippen molar-refractivity contribution in [3.8, 4) is 11.1 Å². The molecule has 2 aromatic carbocycles. The van der Waals surface area contributed by atoms with Gasteiger partial charge in [0.2, 0.25) is 0 Å². The third-order valence-electron chi connectivity index (χ3n) is 2.27. The molecule has 2 aromatic rings. The van der Waals surface area contributed by atoms with Crippen LogP contribution in [0, 0.1) is 0 Å². The molecule has 76 valence electrons. The van der Waals surface area contributed by atoms with Gasteiger partial charge >= 0.3 is 0 Å². The van der Waals surface area contributed by atoms with Crippen LogP contribution < -0.4 is 5.19 Å². The maximum atomic E-state index is 5.91. The van der Waals surface area contributed by atoms with E-state index in [9.17, 15) is 0 Å². The Labute approximate surface area is 100 Å². The minimum atomic E-state index is -1.70. The molecule has 15 heavy (non-hydrogen) atoms. The van der Waals surface area contributed by atoms with E-state index < -0.39 is 7.42 Å². The molecular weight excluding hydrogens is 243 g/mol. The molecular formula is C12H10Cl2Si. The number of hydrogen-bond donors (Lipinski definition) is 0. The summed E-state index contributed by atoms with van der Waals surface area (Å²) in [4.78, 5) is 0. The van der Waals surface area contributed by atoms with Crippen molar-refractivity contribution in [1.82, 2.24) is 0 Å². The Morgan fingerprint density at radius 3 is 1.73 bits per heavy atom. The normalized spacial score (nSPS) is 10.6. The standard InChI is InChI=1S/C12H10Cl2Si/c13-15(14)12-8-6-11(7-9-12)10-4-2-1-3-5-10/h1-9,15H. The minimum Gasteiger partial charge on any atom is -0.144 e. The number of benzene rings is 2. The Bertz CT molecular complexity index is 423. The van der Waals surface area contributed by atoms with E-state index in [1.807, 2.05) is 30.3 Å². The van der Waals surface area contributed by atoms with Crippen LogP contribution in [0.2, 0.25) is 0 Å². The summed E-state index contributed by atoms with van der Waals surface area (Å²) < 4.78 is 0. The fraction of sp³-hybridized carbons (Fsp3) is 0. The second-order valence-electron chi connectivity index (χ2n) is 3.29. The maximum Gasteiger partial charge on any atom is 0.266 e. The fourth-order valence-corrected chi connectivity index (χ4v) is 2.81. The third kappa shape index (κ3) is 2.62. The molecule has 0 nitrogen and oxygen atoms in total. The Balaban J connectivity index is 2.32. The minimum absolute atomic E-state index is 1.07. The largest absolute Gasteiger partial charge is 0.266 e. The summed E-state index contributed by atoms with van der Waals surface area (Å²) in [5.74, 6) is 0. The Hall–Kier alpha value is -0.763. The van der Waals surface area contributed by atoms with Crippen molar-refractivity contribution in [1.29, 1.82) is 0 Å². The van der Waals surface area contributed by atoms with Gasteiger partial charge in [0.15, 0.2) is 0 Å². The SMILES string of the molecule is Cl[SiH](Cl)c1ccc(-c2ccccc2)cc1. The van der Waals surface area contributed by atoms with Crippen LogP contribution in [0.3, 0.4) is 0 Å². The van der Waals surface area contributed by atoms with Crippen molar-refractivity contribution < 1.29 is 0 Å². The van der Waals surface area contributed by atoms with Gasteiger partial charge in [-0.2, -0.15) is 0 Å². The van der Waals surface area contributed by atoms with Gasteiger partial charge in [-0.05, 0) is 16.3 Å². The zero-order chi connectivity index (χ0) is 10.7. The second-order valence-corrected chi connectivity index (χ2v) is 7.85. The highest BCUT2D eigenvalue weighted by atomic mass is 35.7. The van der Waals surface area contributed by atoms with E-state index in [1.165, 1.54) is 11.1 Å². The van der Waals surface area contributed by atoms with E-state index in [0.717, 1.165) is 5.19 Å². The third-order valence-corrected chi connectivity index (χ3v) is 4.67. The zero-order valence-corrected chi connectivity index (χ0v) is 10.7. The van der Waals surface area contributed by atoms with Crippen LogP contribution in [-0.4, -0.2) is 7.42 Å². The van der Waals surface area contributed by atoms with Crippen molar-refractivity contribution in [2.24, 2.45) is 0 Å². The first kappa shape index (κ1) is 10.7. The predicted octanol–water partition coefficient (Wildman–Crippen LogP) is 3.26. The van der Waals surface area contributed by atoms with E-state index in [0.29, 0.717) is 0 Å². The van der Waals surface area contributed by atoms with Crippen molar-refractivity contribution in [2.45, 2.75) is 0 Å². The van der Waals surface area contributed by atoms with Gasteiger partial charge in [0, 0.05) is 0 Å². The van der Waals surface area contributed by atoms with Gasteiger partial charge in [0.05, 0.1) is 0 Å². The summed E-state index contributed by atoms with van der Waals surface area (Å²) in [6.07, 6.45) is 0. The maximum absolute atomic E-state index is 5.91. The van der Waals surface area contributed by atoms with Crippen molar-refractivity contribution in [3.05, 3.63) is 54.6 Å². The van der Waals surface area contributed by atoms with Gasteiger partial charge in [-0.1, -0.05) is 54.6 Å².